The van der Waals surface area contributed by atoms with Gasteiger partial charge in [-0.25, -0.2) is 0 Å². The van der Waals surface area contributed by atoms with Crippen molar-refractivity contribution < 1.29 is 5.11 Å². The van der Waals surface area contributed by atoms with Gasteiger partial charge in [0.1, 0.15) is 5.75 Å². The van der Waals surface area contributed by atoms with Crippen LogP contribution in [0.2, 0.25) is 0 Å². The lowest BCUT2D eigenvalue weighted by molar-refractivity contribution is 0.471. The van der Waals surface area contributed by atoms with Crippen LogP contribution >= 0.6 is 0 Å². The molecule has 2 heteroatoms. The van der Waals surface area contributed by atoms with Crippen molar-refractivity contribution in [1.82, 2.24) is 0 Å². The van der Waals surface area contributed by atoms with Crippen LogP contribution in [0.25, 0.3) is 0 Å². The zero-order valence-electron chi connectivity index (χ0n) is 8.99. The van der Waals surface area contributed by atoms with Gasteiger partial charge in [0.2, 0.25) is 0 Å². The lowest BCUT2D eigenvalue weighted by Gasteiger charge is -2.37. The van der Waals surface area contributed by atoms with Crippen molar-refractivity contribution in [2.45, 2.75) is 32.2 Å². The standard InChI is InChI=1S/C12H17NO/c1-8-6-9(2)13(3)12-7-10(14)4-5-11(8)12/h4-5,7-9,14H,6H2,1-3H3. The molecule has 0 amide bonds. The molecule has 0 radical (unpaired) electrons. The highest BCUT2D eigenvalue weighted by Gasteiger charge is 2.25. The van der Waals surface area contributed by atoms with E-state index in [4.69, 9.17) is 0 Å². The maximum Gasteiger partial charge on any atom is 0.117 e. The van der Waals surface area contributed by atoms with Gasteiger partial charge in [-0.05, 0) is 30.9 Å². The Morgan fingerprint density at radius 3 is 2.79 bits per heavy atom. The van der Waals surface area contributed by atoms with Crippen LogP contribution in [0.3, 0.4) is 0 Å². The lowest BCUT2D eigenvalue weighted by Crippen LogP contribution is -2.34. The smallest absolute Gasteiger partial charge is 0.117 e. The van der Waals surface area contributed by atoms with Crippen LogP contribution < -0.4 is 4.90 Å². The third-order valence-electron chi connectivity index (χ3n) is 3.28. The van der Waals surface area contributed by atoms with Gasteiger partial charge in [0.15, 0.2) is 0 Å². The van der Waals surface area contributed by atoms with Crippen molar-refractivity contribution >= 4 is 5.69 Å². The molecule has 14 heavy (non-hydrogen) atoms. The Bertz CT molecular complexity index is 348. The molecule has 2 atom stereocenters. The Morgan fingerprint density at radius 2 is 2.07 bits per heavy atom. The summed E-state index contributed by atoms with van der Waals surface area (Å²) < 4.78 is 0. The van der Waals surface area contributed by atoms with Crippen molar-refractivity contribution in [3.63, 3.8) is 0 Å². The van der Waals surface area contributed by atoms with E-state index < -0.39 is 0 Å². The minimum Gasteiger partial charge on any atom is -0.508 e. The molecule has 0 aromatic heterocycles. The Kier molecular flexibility index (Phi) is 2.14. The number of fused-ring (bicyclic) bond motifs is 1. The monoisotopic (exact) mass is 191 g/mol. The number of rotatable bonds is 0. The molecule has 1 aliphatic heterocycles. The van der Waals surface area contributed by atoms with Gasteiger partial charge in [0.05, 0.1) is 0 Å². The van der Waals surface area contributed by atoms with Crippen LogP contribution in [-0.2, 0) is 0 Å². The molecular formula is C12H17NO. The van der Waals surface area contributed by atoms with Gasteiger partial charge < -0.3 is 10.0 Å². The Labute approximate surface area is 85.2 Å². The first-order valence-corrected chi connectivity index (χ1v) is 5.15. The fourth-order valence-corrected chi connectivity index (χ4v) is 2.29. The van der Waals surface area contributed by atoms with E-state index in [2.05, 4.69) is 25.8 Å². The molecule has 0 saturated carbocycles. The second kappa shape index (κ2) is 3.19. The Balaban J connectivity index is 2.51. The van der Waals surface area contributed by atoms with E-state index in [1.165, 1.54) is 17.7 Å². The largest absolute Gasteiger partial charge is 0.508 e. The van der Waals surface area contributed by atoms with Crippen LogP contribution in [0.15, 0.2) is 18.2 Å². The van der Waals surface area contributed by atoms with Crippen molar-refractivity contribution in [3.05, 3.63) is 23.8 Å². The van der Waals surface area contributed by atoms with Crippen LogP contribution in [0, 0.1) is 0 Å². The summed E-state index contributed by atoms with van der Waals surface area (Å²) in [7, 11) is 2.09. The summed E-state index contributed by atoms with van der Waals surface area (Å²) in [6.07, 6.45) is 1.19. The first kappa shape index (κ1) is 9.38. The molecule has 2 rings (SSSR count). The first-order chi connectivity index (χ1) is 6.59. The highest BCUT2D eigenvalue weighted by atomic mass is 16.3. The van der Waals surface area contributed by atoms with Gasteiger partial charge in [-0.15, -0.1) is 0 Å². The van der Waals surface area contributed by atoms with E-state index in [0.29, 0.717) is 17.7 Å². The molecule has 0 saturated heterocycles. The number of hydrogen-bond donors (Lipinski definition) is 1. The molecule has 0 aliphatic carbocycles. The minimum absolute atomic E-state index is 0.358. The number of aromatic hydroxyl groups is 1. The van der Waals surface area contributed by atoms with Crippen molar-refractivity contribution in [1.29, 1.82) is 0 Å². The predicted molar refractivity (Wildman–Crippen MR) is 59.0 cm³/mol. The maximum absolute atomic E-state index is 9.45. The summed E-state index contributed by atoms with van der Waals surface area (Å²) in [5.74, 6) is 0.953. The van der Waals surface area contributed by atoms with Crippen LogP contribution in [0.4, 0.5) is 5.69 Å². The molecule has 1 aromatic carbocycles. The van der Waals surface area contributed by atoms with Gasteiger partial charge in [-0.2, -0.15) is 0 Å². The van der Waals surface area contributed by atoms with E-state index in [1.54, 1.807) is 6.07 Å². The molecule has 0 bridgehead atoms. The summed E-state index contributed by atoms with van der Waals surface area (Å²) >= 11 is 0. The number of phenols is 1. The van der Waals surface area contributed by atoms with E-state index in [0.717, 1.165) is 0 Å². The predicted octanol–water partition coefficient (Wildman–Crippen LogP) is 2.72. The molecule has 1 heterocycles. The topological polar surface area (TPSA) is 23.5 Å². The highest BCUT2D eigenvalue weighted by Crippen LogP contribution is 2.38. The SMILES string of the molecule is CC1CC(C)N(C)c2cc(O)ccc21. The summed E-state index contributed by atoms with van der Waals surface area (Å²) in [5, 5.41) is 9.45. The number of phenolic OH excluding ortho intramolecular Hbond substituents is 1. The quantitative estimate of drug-likeness (QED) is 0.681. The molecule has 1 aromatic rings. The van der Waals surface area contributed by atoms with Crippen LogP contribution in [0.5, 0.6) is 5.75 Å². The fraction of sp³-hybridized carbons (Fsp3) is 0.500. The Hall–Kier alpha value is -1.18. The van der Waals surface area contributed by atoms with Crippen LogP contribution in [-0.4, -0.2) is 18.2 Å². The summed E-state index contributed by atoms with van der Waals surface area (Å²) in [4.78, 5) is 2.25. The molecule has 76 valence electrons. The normalized spacial score (nSPS) is 26.1. The van der Waals surface area contributed by atoms with Gasteiger partial charge in [-0.3, -0.25) is 0 Å². The number of benzene rings is 1. The lowest BCUT2D eigenvalue weighted by atomic mass is 9.88. The Morgan fingerprint density at radius 1 is 1.36 bits per heavy atom. The summed E-state index contributed by atoms with van der Waals surface area (Å²) in [6, 6.07) is 6.23. The molecule has 2 nitrogen and oxygen atoms in total. The first-order valence-electron chi connectivity index (χ1n) is 5.15. The molecular weight excluding hydrogens is 174 g/mol. The second-order valence-electron chi connectivity index (χ2n) is 4.34. The summed E-state index contributed by atoms with van der Waals surface area (Å²) in [5.41, 5.74) is 2.53. The van der Waals surface area contributed by atoms with Crippen molar-refractivity contribution in [3.8, 4) is 5.75 Å². The average molecular weight is 191 g/mol. The van der Waals surface area contributed by atoms with E-state index in [1.807, 2.05) is 12.1 Å². The molecule has 0 spiro atoms. The van der Waals surface area contributed by atoms with Gasteiger partial charge >= 0.3 is 0 Å². The van der Waals surface area contributed by atoms with Crippen molar-refractivity contribution in [2.75, 3.05) is 11.9 Å². The third-order valence-corrected chi connectivity index (χ3v) is 3.28. The molecule has 2 unspecified atom stereocenters. The van der Waals surface area contributed by atoms with E-state index in [9.17, 15) is 5.11 Å². The average Bonchev–Trinajstić information content (AvgIpc) is 2.14. The fourth-order valence-electron chi connectivity index (χ4n) is 2.29. The molecule has 0 fully saturated rings. The van der Waals surface area contributed by atoms with Crippen LogP contribution in [0.1, 0.15) is 31.7 Å². The second-order valence-corrected chi connectivity index (χ2v) is 4.34. The van der Waals surface area contributed by atoms with E-state index >= 15 is 0 Å². The van der Waals surface area contributed by atoms with Gasteiger partial charge in [-0.1, -0.05) is 13.0 Å². The highest BCUT2D eigenvalue weighted by molar-refractivity contribution is 5.60. The zero-order valence-corrected chi connectivity index (χ0v) is 8.99. The molecule has 1 aliphatic rings. The molecule has 1 N–H and O–H groups in total. The number of nitrogens with zero attached hydrogens (tertiary/aromatic N) is 1. The zero-order chi connectivity index (χ0) is 10.3. The van der Waals surface area contributed by atoms with Crippen molar-refractivity contribution in [2.24, 2.45) is 0 Å². The third kappa shape index (κ3) is 1.35. The maximum atomic E-state index is 9.45. The number of hydrogen-bond acceptors (Lipinski definition) is 2. The van der Waals surface area contributed by atoms with Gasteiger partial charge in [0.25, 0.3) is 0 Å². The minimum atomic E-state index is 0.358. The number of anilines is 1. The van der Waals surface area contributed by atoms with E-state index in [-0.39, 0.29) is 0 Å². The summed E-state index contributed by atoms with van der Waals surface area (Å²) in [6.45, 7) is 4.48. The van der Waals surface area contributed by atoms with Gasteiger partial charge in [0, 0.05) is 24.8 Å².